The third kappa shape index (κ3) is 3.55. The summed E-state index contributed by atoms with van der Waals surface area (Å²) in [6, 6.07) is -0.500. The molecule has 2 heterocycles. The quantitative estimate of drug-likeness (QED) is 0.710. The monoisotopic (exact) mass is 317 g/mol. The minimum Gasteiger partial charge on any atom is -0.338 e. The average molecular weight is 317 g/mol. The van der Waals surface area contributed by atoms with Gasteiger partial charge in [-0.3, -0.25) is 9.59 Å². The Morgan fingerprint density at radius 1 is 1.19 bits per heavy atom. The molecule has 2 aliphatic heterocycles. The van der Waals surface area contributed by atoms with Crippen molar-refractivity contribution in [2.45, 2.75) is 31.1 Å². The van der Waals surface area contributed by atoms with Gasteiger partial charge in [0.25, 0.3) is 0 Å². The molecule has 2 unspecified atom stereocenters. The molecule has 120 valence electrons. The topological polar surface area (TPSA) is 86.8 Å². The third-order valence-corrected chi connectivity index (χ3v) is 5.73. The summed E-state index contributed by atoms with van der Waals surface area (Å²) in [5.74, 6) is -0.508. The summed E-state index contributed by atoms with van der Waals surface area (Å²) >= 11 is 0. The summed E-state index contributed by atoms with van der Waals surface area (Å²) < 4.78 is 23.1. The summed E-state index contributed by atoms with van der Waals surface area (Å²) in [5, 5.41) is 2.09. The van der Waals surface area contributed by atoms with Crippen LogP contribution in [0.4, 0.5) is 0 Å². The standard InChI is InChI=1S/C13H23N3O4S/c1-10(21(2,19)20)12(17)16-7-3-4-11(16)13(18)15-8-5-14-6-9-15/h10-11,14H,3-9H2,1-2H3. The smallest absolute Gasteiger partial charge is 0.245 e. The van der Waals surface area contributed by atoms with E-state index < -0.39 is 27.0 Å². The molecule has 2 amide bonds. The largest absolute Gasteiger partial charge is 0.338 e. The van der Waals surface area contributed by atoms with Crippen LogP contribution in [0.2, 0.25) is 0 Å². The highest BCUT2D eigenvalue weighted by Crippen LogP contribution is 2.22. The number of amides is 2. The number of likely N-dealkylation sites (tertiary alicyclic amines) is 1. The minimum atomic E-state index is -3.44. The first kappa shape index (κ1) is 16.2. The number of nitrogens with zero attached hydrogens (tertiary/aromatic N) is 2. The molecule has 0 aromatic heterocycles. The predicted molar refractivity (Wildman–Crippen MR) is 78.5 cm³/mol. The lowest BCUT2D eigenvalue weighted by Crippen LogP contribution is -2.54. The van der Waals surface area contributed by atoms with Crippen molar-refractivity contribution in [1.82, 2.24) is 15.1 Å². The molecule has 0 aliphatic carbocycles. The van der Waals surface area contributed by atoms with Gasteiger partial charge in [0.2, 0.25) is 11.8 Å². The van der Waals surface area contributed by atoms with E-state index in [9.17, 15) is 18.0 Å². The van der Waals surface area contributed by atoms with E-state index in [0.717, 1.165) is 25.8 Å². The van der Waals surface area contributed by atoms with Crippen molar-refractivity contribution in [1.29, 1.82) is 0 Å². The normalized spacial score (nSPS) is 25.0. The lowest BCUT2D eigenvalue weighted by molar-refractivity contribution is -0.143. The Morgan fingerprint density at radius 3 is 2.38 bits per heavy atom. The van der Waals surface area contributed by atoms with E-state index in [0.29, 0.717) is 26.1 Å². The van der Waals surface area contributed by atoms with Crippen molar-refractivity contribution in [3.05, 3.63) is 0 Å². The molecular weight excluding hydrogens is 294 g/mol. The summed E-state index contributed by atoms with van der Waals surface area (Å²) in [5.41, 5.74) is 0. The average Bonchev–Trinajstić information content (AvgIpc) is 2.94. The number of sulfone groups is 1. The van der Waals surface area contributed by atoms with E-state index in [-0.39, 0.29) is 5.91 Å². The predicted octanol–water partition coefficient (Wildman–Crippen LogP) is -1.16. The van der Waals surface area contributed by atoms with Gasteiger partial charge in [0.05, 0.1) is 0 Å². The van der Waals surface area contributed by atoms with Gasteiger partial charge in [-0.1, -0.05) is 0 Å². The van der Waals surface area contributed by atoms with Crippen LogP contribution in [0, 0.1) is 0 Å². The van der Waals surface area contributed by atoms with E-state index in [2.05, 4.69) is 5.32 Å². The molecule has 7 nitrogen and oxygen atoms in total. The second kappa shape index (κ2) is 6.31. The van der Waals surface area contributed by atoms with Gasteiger partial charge in [0, 0.05) is 39.0 Å². The van der Waals surface area contributed by atoms with Crippen LogP contribution in [0.25, 0.3) is 0 Å². The number of hydrogen-bond donors (Lipinski definition) is 1. The van der Waals surface area contributed by atoms with Crippen molar-refractivity contribution in [2.75, 3.05) is 39.0 Å². The second-order valence-corrected chi connectivity index (χ2v) is 8.10. The summed E-state index contributed by atoms with van der Waals surface area (Å²) in [6.45, 7) is 4.64. The van der Waals surface area contributed by atoms with Gasteiger partial charge in [-0.15, -0.1) is 0 Å². The van der Waals surface area contributed by atoms with Crippen LogP contribution in [0.15, 0.2) is 0 Å². The first-order valence-electron chi connectivity index (χ1n) is 7.31. The molecule has 0 spiro atoms. The van der Waals surface area contributed by atoms with Gasteiger partial charge in [-0.25, -0.2) is 8.42 Å². The summed E-state index contributed by atoms with van der Waals surface area (Å²) in [4.78, 5) is 28.1. The van der Waals surface area contributed by atoms with Crippen LogP contribution in [0.3, 0.4) is 0 Å². The lowest BCUT2D eigenvalue weighted by atomic mass is 10.1. The maximum atomic E-state index is 12.5. The number of hydrogen-bond acceptors (Lipinski definition) is 5. The molecule has 8 heteroatoms. The molecule has 0 aromatic carbocycles. The zero-order valence-electron chi connectivity index (χ0n) is 12.5. The Hall–Kier alpha value is -1.15. The molecule has 0 aromatic rings. The van der Waals surface area contributed by atoms with Crippen LogP contribution in [-0.4, -0.2) is 80.3 Å². The van der Waals surface area contributed by atoms with Crippen molar-refractivity contribution in [3.8, 4) is 0 Å². The summed E-state index contributed by atoms with van der Waals surface area (Å²) in [6.07, 6.45) is 2.41. The highest BCUT2D eigenvalue weighted by atomic mass is 32.2. The van der Waals surface area contributed by atoms with E-state index in [1.165, 1.54) is 11.8 Å². The lowest BCUT2D eigenvalue weighted by Gasteiger charge is -2.33. The molecule has 2 atom stereocenters. The highest BCUT2D eigenvalue weighted by molar-refractivity contribution is 7.92. The van der Waals surface area contributed by atoms with Gasteiger partial charge in [0.1, 0.15) is 11.3 Å². The van der Waals surface area contributed by atoms with E-state index in [4.69, 9.17) is 0 Å². The maximum absolute atomic E-state index is 12.5. The van der Waals surface area contributed by atoms with Crippen LogP contribution in [0.1, 0.15) is 19.8 Å². The van der Waals surface area contributed by atoms with Crippen LogP contribution in [-0.2, 0) is 19.4 Å². The van der Waals surface area contributed by atoms with Crippen molar-refractivity contribution < 1.29 is 18.0 Å². The fourth-order valence-electron chi connectivity index (χ4n) is 2.80. The molecule has 0 bridgehead atoms. The molecule has 2 fully saturated rings. The van der Waals surface area contributed by atoms with Crippen LogP contribution >= 0.6 is 0 Å². The van der Waals surface area contributed by atoms with Gasteiger partial charge >= 0.3 is 0 Å². The van der Waals surface area contributed by atoms with E-state index in [1.807, 2.05) is 0 Å². The van der Waals surface area contributed by atoms with Gasteiger partial charge in [-0.2, -0.15) is 0 Å². The van der Waals surface area contributed by atoms with Crippen molar-refractivity contribution >= 4 is 21.7 Å². The number of carbonyl (C=O) groups excluding carboxylic acids is 2. The van der Waals surface area contributed by atoms with Crippen molar-refractivity contribution in [2.24, 2.45) is 0 Å². The Labute approximate surface area is 125 Å². The Balaban J connectivity index is 2.09. The SMILES string of the molecule is CC(C(=O)N1CCCC1C(=O)N1CCNCC1)S(C)(=O)=O. The first-order valence-corrected chi connectivity index (χ1v) is 9.26. The van der Waals surface area contributed by atoms with Gasteiger partial charge < -0.3 is 15.1 Å². The zero-order chi connectivity index (χ0) is 15.6. The van der Waals surface area contributed by atoms with Gasteiger partial charge in [0.15, 0.2) is 9.84 Å². The molecule has 21 heavy (non-hydrogen) atoms. The minimum absolute atomic E-state index is 0.0527. The zero-order valence-corrected chi connectivity index (χ0v) is 13.4. The number of carbonyl (C=O) groups is 2. The number of piperazine rings is 1. The number of rotatable bonds is 3. The Bertz CT molecular complexity index is 514. The molecule has 2 aliphatic rings. The van der Waals surface area contributed by atoms with E-state index in [1.54, 1.807) is 4.90 Å². The van der Waals surface area contributed by atoms with Crippen molar-refractivity contribution in [3.63, 3.8) is 0 Å². The van der Waals surface area contributed by atoms with Gasteiger partial charge in [-0.05, 0) is 19.8 Å². The fraction of sp³-hybridized carbons (Fsp3) is 0.846. The fourth-order valence-corrected chi connectivity index (χ4v) is 3.30. The van der Waals surface area contributed by atoms with Crippen LogP contribution < -0.4 is 5.32 Å². The second-order valence-electron chi connectivity index (χ2n) is 5.74. The maximum Gasteiger partial charge on any atom is 0.245 e. The Morgan fingerprint density at radius 2 is 1.81 bits per heavy atom. The highest BCUT2D eigenvalue weighted by Gasteiger charge is 2.40. The summed E-state index contributed by atoms with van der Waals surface area (Å²) in [7, 11) is -3.44. The Kier molecular flexibility index (Phi) is 4.88. The van der Waals surface area contributed by atoms with E-state index >= 15 is 0 Å². The molecule has 2 rings (SSSR count). The molecule has 2 saturated heterocycles. The van der Waals surface area contributed by atoms with Crippen LogP contribution in [0.5, 0.6) is 0 Å². The first-order chi connectivity index (χ1) is 9.82. The third-order valence-electron chi connectivity index (χ3n) is 4.24. The molecule has 0 saturated carbocycles. The molecule has 1 N–H and O–H groups in total. The molecule has 0 radical (unpaired) electrons. The molecular formula is C13H23N3O4S. The number of nitrogens with one attached hydrogen (secondary N) is 1.